The number of benzene rings is 3. The molecule has 7 heteroatoms. The number of anilines is 1. The number of amides is 1. The molecule has 1 N–H and O–H groups in total. The van der Waals surface area contributed by atoms with Gasteiger partial charge >= 0.3 is 0 Å². The third kappa shape index (κ3) is 5.69. The van der Waals surface area contributed by atoms with Crippen molar-refractivity contribution in [3.63, 3.8) is 0 Å². The lowest BCUT2D eigenvalue weighted by molar-refractivity contribution is -0.141. The fourth-order valence-electron chi connectivity index (χ4n) is 7.77. The van der Waals surface area contributed by atoms with Crippen molar-refractivity contribution < 1.29 is 9.90 Å². The van der Waals surface area contributed by atoms with Crippen molar-refractivity contribution in [2.24, 2.45) is 5.92 Å². The van der Waals surface area contributed by atoms with Gasteiger partial charge in [0.2, 0.25) is 5.91 Å². The van der Waals surface area contributed by atoms with E-state index in [1.807, 2.05) is 24.3 Å². The quantitative estimate of drug-likeness (QED) is 0.303. The Balaban J connectivity index is 1.14. The molecule has 3 saturated heterocycles. The molecule has 0 radical (unpaired) electrons. The number of para-hydroxylation sites is 1. The van der Waals surface area contributed by atoms with E-state index in [9.17, 15) is 9.90 Å². The van der Waals surface area contributed by atoms with E-state index in [4.69, 9.17) is 0 Å². The Hall–Kier alpha value is -4.23. The van der Waals surface area contributed by atoms with Crippen LogP contribution in [-0.4, -0.2) is 69.8 Å². The number of nitrogens with zero attached hydrogens (tertiary/aromatic N) is 5. The number of carbonyl (C=O) groups is 1. The third-order valence-corrected chi connectivity index (χ3v) is 10.1. The lowest BCUT2D eigenvalue weighted by Gasteiger charge is -2.45. The molecular formula is C37H41N5O2. The van der Waals surface area contributed by atoms with Gasteiger partial charge < -0.3 is 14.9 Å². The van der Waals surface area contributed by atoms with Gasteiger partial charge in [0.25, 0.3) is 0 Å². The molecule has 4 aromatic rings. The van der Waals surface area contributed by atoms with E-state index in [2.05, 4.69) is 79.5 Å². The summed E-state index contributed by atoms with van der Waals surface area (Å²) in [4.78, 5) is 22.2. The average Bonchev–Trinajstić information content (AvgIpc) is 3.37. The average molecular weight is 588 g/mol. The standard InChI is InChI=1S/C37H41N5O2/c43-35-17-8-7-16-33(35)34-22-32(23-38-39-34)41-20-18-37(19-21-41,30-13-5-2-6-14-30)36(44)42-26-29-12-9-15-31(42)27-40(25-29)24-28-10-3-1-4-11-28/h1-8,10-11,13-14,16-17,22-23,29,31,43H,9,12,15,18-21,24-27H2. The summed E-state index contributed by atoms with van der Waals surface area (Å²) in [5, 5.41) is 19.0. The highest BCUT2D eigenvalue weighted by molar-refractivity contribution is 5.89. The van der Waals surface area contributed by atoms with Crippen molar-refractivity contribution in [1.82, 2.24) is 20.0 Å². The zero-order valence-corrected chi connectivity index (χ0v) is 25.3. The minimum Gasteiger partial charge on any atom is -0.507 e. The summed E-state index contributed by atoms with van der Waals surface area (Å²) in [6.45, 7) is 5.27. The Morgan fingerprint density at radius 2 is 1.59 bits per heavy atom. The second-order valence-electron chi connectivity index (χ2n) is 12.8. The normalized spacial score (nSPS) is 21.9. The molecule has 0 saturated carbocycles. The number of likely N-dealkylation sites (tertiary alicyclic amines) is 1. The number of piperidine rings is 1. The van der Waals surface area contributed by atoms with Crippen LogP contribution < -0.4 is 4.90 Å². The van der Waals surface area contributed by atoms with E-state index in [0.29, 0.717) is 23.1 Å². The van der Waals surface area contributed by atoms with Gasteiger partial charge in [-0.05, 0) is 60.9 Å². The topological polar surface area (TPSA) is 72.8 Å². The van der Waals surface area contributed by atoms with Crippen LogP contribution in [0.25, 0.3) is 11.3 Å². The molecule has 44 heavy (non-hydrogen) atoms. The van der Waals surface area contributed by atoms with Crippen LogP contribution in [0.5, 0.6) is 5.75 Å². The van der Waals surface area contributed by atoms with Gasteiger partial charge in [0.15, 0.2) is 0 Å². The number of hydrogen-bond acceptors (Lipinski definition) is 6. The van der Waals surface area contributed by atoms with Crippen LogP contribution in [-0.2, 0) is 16.8 Å². The highest BCUT2D eigenvalue weighted by Crippen LogP contribution is 2.41. The number of carbonyl (C=O) groups excluding carboxylic acids is 1. The zero-order valence-electron chi connectivity index (χ0n) is 25.3. The molecule has 0 aliphatic carbocycles. The molecule has 2 unspecified atom stereocenters. The zero-order chi connectivity index (χ0) is 29.9. The molecule has 3 aliphatic rings. The number of phenolic OH excluding ortho intramolecular Hbond substituents is 1. The second kappa shape index (κ2) is 12.4. The lowest BCUT2D eigenvalue weighted by Crippen LogP contribution is -2.56. The summed E-state index contributed by atoms with van der Waals surface area (Å²) in [6.07, 6.45) is 6.73. The molecule has 3 aliphatic heterocycles. The van der Waals surface area contributed by atoms with E-state index in [-0.39, 0.29) is 11.8 Å². The molecule has 3 aromatic carbocycles. The smallest absolute Gasteiger partial charge is 0.233 e. The molecule has 2 atom stereocenters. The van der Waals surface area contributed by atoms with Crippen LogP contribution in [0.3, 0.4) is 0 Å². The van der Waals surface area contributed by atoms with Crippen molar-refractivity contribution in [1.29, 1.82) is 0 Å². The fourth-order valence-corrected chi connectivity index (χ4v) is 7.77. The highest BCUT2D eigenvalue weighted by Gasteiger charge is 2.48. The van der Waals surface area contributed by atoms with Crippen molar-refractivity contribution in [2.75, 3.05) is 37.6 Å². The van der Waals surface area contributed by atoms with E-state index in [1.54, 1.807) is 18.3 Å². The SMILES string of the molecule is O=C(N1CC2CCCC1CN(Cc1ccccc1)C2)C1(c2ccccc2)CCN(c2cnnc(-c3ccccc3O)c2)CC1. The second-order valence-corrected chi connectivity index (χ2v) is 12.8. The van der Waals surface area contributed by atoms with Gasteiger partial charge in [-0.25, -0.2) is 0 Å². The maximum Gasteiger partial charge on any atom is 0.233 e. The molecule has 2 bridgehead atoms. The molecule has 3 fully saturated rings. The van der Waals surface area contributed by atoms with Gasteiger partial charge in [0, 0.05) is 50.9 Å². The predicted octanol–water partition coefficient (Wildman–Crippen LogP) is 5.90. The van der Waals surface area contributed by atoms with Crippen LogP contribution in [0.1, 0.15) is 43.2 Å². The first-order valence-corrected chi connectivity index (χ1v) is 16.1. The molecule has 7 nitrogen and oxygen atoms in total. The molecule has 226 valence electrons. The summed E-state index contributed by atoms with van der Waals surface area (Å²) in [7, 11) is 0. The van der Waals surface area contributed by atoms with Crippen LogP contribution in [0.2, 0.25) is 0 Å². The summed E-state index contributed by atoms with van der Waals surface area (Å²) in [6, 6.07) is 30.7. The lowest BCUT2D eigenvalue weighted by atomic mass is 9.71. The van der Waals surface area contributed by atoms with Gasteiger partial charge in [-0.3, -0.25) is 9.69 Å². The first-order chi connectivity index (χ1) is 21.6. The molecule has 1 aromatic heterocycles. The first kappa shape index (κ1) is 28.5. The number of fused-ring (bicyclic) bond motifs is 3. The van der Waals surface area contributed by atoms with Gasteiger partial charge in [0.05, 0.1) is 23.0 Å². The van der Waals surface area contributed by atoms with Crippen molar-refractivity contribution in [3.05, 3.63) is 108 Å². The maximum atomic E-state index is 15.0. The highest BCUT2D eigenvalue weighted by atomic mass is 16.3. The van der Waals surface area contributed by atoms with E-state index in [1.165, 1.54) is 18.4 Å². The van der Waals surface area contributed by atoms with Crippen molar-refractivity contribution >= 4 is 11.6 Å². The van der Waals surface area contributed by atoms with E-state index >= 15 is 0 Å². The van der Waals surface area contributed by atoms with Crippen LogP contribution >= 0.6 is 0 Å². The van der Waals surface area contributed by atoms with Crippen LogP contribution in [0.15, 0.2) is 97.2 Å². The Bertz CT molecular complexity index is 1570. The Morgan fingerprint density at radius 1 is 0.864 bits per heavy atom. The molecule has 7 rings (SSSR count). The Kier molecular flexibility index (Phi) is 8.05. The number of hydrogen-bond donors (Lipinski definition) is 1. The van der Waals surface area contributed by atoms with Crippen LogP contribution in [0, 0.1) is 5.92 Å². The number of rotatable bonds is 6. The minimum atomic E-state index is -0.555. The van der Waals surface area contributed by atoms with Gasteiger partial charge in [0.1, 0.15) is 5.75 Å². The number of phenols is 1. The number of aromatic hydroxyl groups is 1. The molecule has 4 heterocycles. The maximum absolute atomic E-state index is 15.0. The van der Waals surface area contributed by atoms with E-state index < -0.39 is 5.41 Å². The minimum absolute atomic E-state index is 0.191. The van der Waals surface area contributed by atoms with Crippen molar-refractivity contribution in [3.8, 4) is 17.0 Å². The van der Waals surface area contributed by atoms with E-state index in [0.717, 1.165) is 69.8 Å². The molecule has 1 amide bonds. The Labute approximate surface area is 260 Å². The molecule has 0 spiro atoms. The largest absolute Gasteiger partial charge is 0.507 e. The Morgan fingerprint density at radius 3 is 2.36 bits per heavy atom. The summed E-state index contributed by atoms with van der Waals surface area (Å²) >= 11 is 0. The van der Waals surface area contributed by atoms with Crippen LogP contribution in [0.4, 0.5) is 5.69 Å². The summed E-state index contributed by atoms with van der Waals surface area (Å²) in [5.74, 6) is 1.000. The third-order valence-electron chi connectivity index (χ3n) is 10.1. The number of aromatic nitrogens is 2. The van der Waals surface area contributed by atoms with Gasteiger partial charge in [-0.2, -0.15) is 10.2 Å². The summed E-state index contributed by atoms with van der Waals surface area (Å²) in [5.41, 5.74) is 4.20. The van der Waals surface area contributed by atoms with Gasteiger partial charge in [-0.1, -0.05) is 79.2 Å². The summed E-state index contributed by atoms with van der Waals surface area (Å²) < 4.78 is 0. The van der Waals surface area contributed by atoms with Gasteiger partial charge in [-0.15, -0.1) is 0 Å². The monoisotopic (exact) mass is 587 g/mol. The molecular weight excluding hydrogens is 546 g/mol. The van der Waals surface area contributed by atoms with Crippen molar-refractivity contribution in [2.45, 2.75) is 50.1 Å². The first-order valence-electron chi connectivity index (χ1n) is 16.1. The predicted molar refractivity (Wildman–Crippen MR) is 173 cm³/mol. The fraction of sp³-hybridized carbons (Fsp3) is 0.378.